The standard InChI is InChI=1S/C13H17N3/c1-3-11-9-12(16(2)15-11)13(14)10-7-5-4-6-8-10/h4-9,13H,3,14H2,1-2H3. The fourth-order valence-electron chi connectivity index (χ4n) is 1.84. The molecule has 1 aromatic heterocycles. The highest BCUT2D eigenvalue weighted by atomic mass is 15.3. The molecule has 0 radical (unpaired) electrons. The summed E-state index contributed by atoms with van der Waals surface area (Å²) in [5.41, 5.74) is 9.49. The van der Waals surface area contributed by atoms with Crippen LogP contribution in [0.4, 0.5) is 0 Å². The molecule has 1 unspecified atom stereocenters. The maximum absolute atomic E-state index is 6.22. The van der Waals surface area contributed by atoms with Crippen molar-refractivity contribution in [3.63, 3.8) is 0 Å². The lowest BCUT2D eigenvalue weighted by molar-refractivity contribution is 0.666. The molecule has 0 aliphatic heterocycles. The summed E-state index contributed by atoms with van der Waals surface area (Å²) in [5.74, 6) is 0. The van der Waals surface area contributed by atoms with Gasteiger partial charge in [0.15, 0.2) is 0 Å². The summed E-state index contributed by atoms with van der Waals surface area (Å²) in [7, 11) is 1.94. The second-order valence-electron chi connectivity index (χ2n) is 3.93. The molecule has 16 heavy (non-hydrogen) atoms. The summed E-state index contributed by atoms with van der Waals surface area (Å²) in [6.07, 6.45) is 0.940. The normalized spacial score (nSPS) is 12.7. The minimum Gasteiger partial charge on any atom is -0.319 e. The van der Waals surface area contributed by atoms with Crippen LogP contribution in [0, 0.1) is 0 Å². The van der Waals surface area contributed by atoms with Crippen LogP contribution in [0.5, 0.6) is 0 Å². The van der Waals surface area contributed by atoms with Gasteiger partial charge in [0, 0.05) is 7.05 Å². The fourth-order valence-corrected chi connectivity index (χ4v) is 1.84. The van der Waals surface area contributed by atoms with Crippen molar-refractivity contribution >= 4 is 0 Å². The molecular formula is C13H17N3. The first kappa shape index (κ1) is 10.9. The Hall–Kier alpha value is -1.61. The third-order valence-corrected chi connectivity index (χ3v) is 2.81. The highest BCUT2D eigenvalue weighted by Gasteiger charge is 2.13. The third kappa shape index (κ3) is 1.99. The molecule has 84 valence electrons. The maximum atomic E-state index is 6.22. The topological polar surface area (TPSA) is 43.8 Å². The maximum Gasteiger partial charge on any atom is 0.0723 e. The Balaban J connectivity index is 2.33. The number of hydrogen-bond donors (Lipinski definition) is 1. The zero-order valence-electron chi connectivity index (χ0n) is 9.72. The van der Waals surface area contributed by atoms with E-state index in [0.29, 0.717) is 0 Å². The predicted molar refractivity (Wildman–Crippen MR) is 65.1 cm³/mol. The Morgan fingerprint density at radius 3 is 2.56 bits per heavy atom. The molecule has 2 rings (SSSR count). The second-order valence-corrected chi connectivity index (χ2v) is 3.93. The van der Waals surface area contributed by atoms with E-state index in [1.165, 1.54) is 0 Å². The zero-order valence-corrected chi connectivity index (χ0v) is 9.72. The van der Waals surface area contributed by atoms with Crippen molar-refractivity contribution in [2.45, 2.75) is 19.4 Å². The summed E-state index contributed by atoms with van der Waals surface area (Å²) in [5, 5.41) is 4.41. The molecular weight excluding hydrogens is 198 g/mol. The third-order valence-electron chi connectivity index (χ3n) is 2.81. The second kappa shape index (κ2) is 4.49. The van der Waals surface area contributed by atoms with Gasteiger partial charge in [0.05, 0.1) is 17.4 Å². The van der Waals surface area contributed by atoms with Crippen LogP contribution in [0.3, 0.4) is 0 Å². The SMILES string of the molecule is CCc1cc(C(N)c2ccccc2)n(C)n1. The quantitative estimate of drug-likeness (QED) is 0.851. The zero-order chi connectivity index (χ0) is 11.5. The van der Waals surface area contributed by atoms with E-state index in [2.05, 4.69) is 18.1 Å². The number of rotatable bonds is 3. The Bertz CT molecular complexity index is 459. The van der Waals surface area contributed by atoms with Crippen LogP contribution in [-0.4, -0.2) is 9.78 Å². The number of aromatic nitrogens is 2. The molecule has 0 aliphatic rings. The molecule has 0 fully saturated rings. The molecule has 2 aromatic rings. The first-order valence-corrected chi connectivity index (χ1v) is 5.55. The lowest BCUT2D eigenvalue weighted by atomic mass is 10.0. The van der Waals surface area contributed by atoms with Crippen molar-refractivity contribution in [1.82, 2.24) is 9.78 Å². The van der Waals surface area contributed by atoms with Gasteiger partial charge in [-0.15, -0.1) is 0 Å². The lowest BCUT2D eigenvalue weighted by Gasteiger charge is -2.11. The van der Waals surface area contributed by atoms with Crippen LogP contribution in [0.2, 0.25) is 0 Å². The van der Waals surface area contributed by atoms with Gasteiger partial charge in [0.2, 0.25) is 0 Å². The van der Waals surface area contributed by atoms with Gasteiger partial charge in [-0.05, 0) is 18.1 Å². The molecule has 0 saturated carbocycles. The van der Waals surface area contributed by atoms with Crippen molar-refractivity contribution < 1.29 is 0 Å². The summed E-state index contributed by atoms with van der Waals surface area (Å²) in [6, 6.07) is 12.1. The van der Waals surface area contributed by atoms with Crippen LogP contribution >= 0.6 is 0 Å². The molecule has 0 spiro atoms. The lowest BCUT2D eigenvalue weighted by Crippen LogP contribution is -2.15. The number of nitrogens with zero attached hydrogens (tertiary/aromatic N) is 2. The van der Waals surface area contributed by atoms with Crippen LogP contribution < -0.4 is 5.73 Å². The number of nitrogens with two attached hydrogens (primary N) is 1. The number of aryl methyl sites for hydroxylation is 2. The van der Waals surface area contributed by atoms with Gasteiger partial charge in [-0.1, -0.05) is 37.3 Å². The van der Waals surface area contributed by atoms with Crippen molar-refractivity contribution in [2.24, 2.45) is 12.8 Å². The highest BCUT2D eigenvalue weighted by Crippen LogP contribution is 2.19. The van der Waals surface area contributed by atoms with Gasteiger partial charge in [-0.3, -0.25) is 4.68 Å². The van der Waals surface area contributed by atoms with Gasteiger partial charge in [0.25, 0.3) is 0 Å². The molecule has 1 aromatic carbocycles. The minimum atomic E-state index is -0.0981. The Morgan fingerprint density at radius 2 is 2.00 bits per heavy atom. The molecule has 2 N–H and O–H groups in total. The van der Waals surface area contributed by atoms with Gasteiger partial charge >= 0.3 is 0 Å². The van der Waals surface area contributed by atoms with Crippen molar-refractivity contribution in [3.05, 3.63) is 53.3 Å². The van der Waals surface area contributed by atoms with Crippen LogP contribution in [0.1, 0.15) is 29.9 Å². The largest absolute Gasteiger partial charge is 0.319 e. The Kier molecular flexibility index (Phi) is 3.06. The van der Waals surface area contributed by atoms with Crippen LogP contribution in [0.25, 0.3) is 0 Å². The van der Waals surface area contributed by atoms with E-state index in [0.717, 1.165) is 23.4 Å². The van der Waals surface area contributed by atoms with E-state index in [-0.39, 0.29) is 6.04 Å². The van der Waals surface area contributed by atoms with Gasteiger partial charge in [-0.2, -0.15) is 5.10 Å². The van der Waals surface area contributed by atoms with Crippen LogP contribution in [-0.2, 0) is 13.5 Å². The minimum absolute atomic E-state index is 0.0981. The summed E-state index contributed by atoms with van der Waals surface area (Å²) >= 11 is 0. The predicted octanol–water partition coefficient (Wildman–Crippen LogP) is 2.03. The van der Waals surface area contributed by atoms with Gasteiger partial charge < -0.3 is 5.73 Å². The van der Waals surface area contributed by atoms with Crippen molar-refractivity contribution in [1.29, 1.82) is 0 Å². The van der Waals surface area contributed by atoms with Gasteiger partial charge in [0.1, 0.15) is 0 Å². The smallest absolute Gasteiger partial charge is 0.0723 e. The van der Waals surface area contributed by atoms with E-state index in [4.69, 9.17) is 5.73 Å². The average Bonchev–Trinajstić information content (AvgIpc) is 2.71. The molecule has 1 atom stereocenters. The van der Waals surface area contributed by atoms with E-state index in [1.54, 1.807) is 0 Å². The van der Waals surface area contributed by atoms with Crippen molar-refractivity contribution in [2.75, 3.05) is 0 Å². The Labute approximate surface area is 95.9 Å². The highest BCUT2D eigenvalue weighted by molar-refractivity contribution is 5.28. The van der Waals surface area contributed by atoms with E-state index in [1.807, 2.05) is 42.1 Å². The average molecular weight is 215 g/mol. The number of benzene rings is 1. The fraction of sp³-hybridized carbons (Fsp3) is 0.308. The first-order valence-electron chi connectivity index (χ1n) is 5.55. The molecule has 0 bridgehead atoms. The van der Waals surface area contributed by atoms with Crippen molar-refractivity contribution in [3.8, 4) is 0 Å². The molecule has 3 nitrogen and oxygen atoms in total. The van der Waals surface area contributed by atoms with Crippen LogP contribution in [0.15, 0.2) is 36.4 Å². The van der Waals surface area contributed by atoms with Gasteiger partial charge in [-0.25, -0.2) is 0 Å². The molecule has 0 amide bonds. The van der Waals surface area contributed by atoms with E-state index >= 15 is 0 Å². The summed E-state index contributed by atoms with van der Waals surface area (Å²) in [4.78, 5) is 0. The molecule has 0 saturated heterocycles. The molecule has 0 aliphatic carbocycles. The summed E-state index contributed by atoms with van der Waals surface area (Å²) in [6.45, 7) is 2.10. The first-order chi connectivity index (χ1) is 7.72. The molecule has 1 heterocycles. The van der Waals surface area contributed by atoms with E-state index < -0.39 is 0 Å². The Morgan fingerprint density at radius 1 is 1.31 bits per heavy atom. The van der Waals surface area contributed by atoms with E-state index in [9.17, 15) is 0 Å². The monoisotopic (exact) mass is 215 g/mol. The summed E-state index contributed by atoms with van der Waals surface area (Å²) < 4.78 is 1.87. The number of hydrogen-bond acceptors (Lipinski definition) is 2. The molecule has 3 heteroatoms.